The second-order valence-electron chi connectivity index (χ2n) is 3.42. The molecule has 0 radical (unpaired) electrons. The van der Waals surface area contributed by atoms with Crippen molar-refractivity contribution in [1.82, 2.24) is 0 Å². The Bertz CT molecular complexity index is 190. The second-order valence-corrected chi connectivity index (χ2v) is 3.42. The van der Waals surface area contributed by atoms with Crippen LogP contribution in [0.3, 0.4) is 0 Å². The number of hydrogen-bond acceptors (Lipinski definition) is 3. The van der Waals surface area contributed by atoms with Crippen LogP contribution in [0, 0.1) is 11.8 Å². The van der Waals surface area contributed by atoms with E-state index in [9.17, 15) is 9.59 Å². The lowest BCUT2D eigenvalue weighted by Gasteiger charge is -2.23. The van der Waals surface area contributed by atoms with Crippen molar-refractivity contribution in [2.24, 2.45) is 11.8 Å². The van der Waals surface area contributed by atoms with Crippen LogP contribution < -0.4 is 0 Å². The monoisotopic (exact) mass is 170 g/mol. The standard InChI is InChI=1S/C9H14O3/c1-6-3-4-8(10)7(5-6)9(11)12-2/h6-7H,3-5H2,1-2H3/t6-,7-/m0/s1. The molecule has 0 unspecified atom stereocenters. The third-order valence-corrected chi connectivity index (χ3v) is 2.40. The van der Waals surface area contributed by atoms with Gasteiger partial charge in [0.05, 0.1) is 7.11 Å². The smallest absolute Gasteiger partial charge is 0.316 e. The number of esters is 1. The van der Waals surface area contributed by atoms with E-state index in [1.165, 1.54) is 7.11 Å². The molecule has 68 valence electrons. The van der Waals surface area contributed by atoms with E-state index < -0.39 is 5.92 Å². The van der Waals surface area contributed by atoms with Crippen molar-refractivity contribution in [2.45, 2.75) is 26.2 Å². The van der Waals surface area contributed by atoms with Crippen molar-refractivity contribution in [2.75, 3.05) is 7.11 Å². The summed E-state index contributed by atoms with van der Waals surface area (Å²) in [6, 6.07) is 0. The van der Waals surface area contributed by atoms with E-state index in [4.69, 9.17) is 0 Å². The molecule has 0 saturated heterocycles. The molecular formula is C9H14O3. The van der Waals surface area contributed by atoms with Gasteiger partial charge < -0.3 is 4.74 Å². The van der Waals surface area contributed by atoms with Crippen LogP contribution in [-0.2, 0) is 14.3 Å². The summed E-state index contributed by atoms with van der Waals surface area (Å²) in [5, 5.41) is 0. The molecule has 0 aromatic heterocycles. The van der Waals surface area contributed by atoms with Crippen molar-refractivity contribution >= 4 is 11.8 Å². The Morgan fingerprint density at radius 2 is 2.25 bits per heavy atom. The molecule has 1 saturated carbocycles. The van der Waals surface area contributed by atoms with Crippen LogP contribution >= 0.6 is 0 Å². The zero-order valence-electron chi connectivity index (χ0n) is 7.50. The first-order valence-electron chi connectivity index (χ1n) is 4.25. The summed E-state index contributed by atoms with van der Waals surface area (Å²) in [5.74, 6) is -0.350. The van der Waals surface area contributed by atoms with Gasteiger partial charge in [0.2, 0.25) is 0 Å². The van der Waals surface area contributed by atoms with Crippen molar-refractivity contribution in [3.05, 3.63) is 0 Å². The minimum absolute atomic E-state index is 0.0416. The molecule has 1 fully saturated rings. The fourth-order valence-corrected chi connectivity index (χ4v) is 1.58. The van der Waals surface area contributed by atoms with Crippen LogP contribution in [-0.4, -0.2) is 18.9 Å². The molecule has 12 heavy (non-hydrogen) atoms. The van der Waals surface area contributed by atoms with Crippen LogP contribution in [0.5, 0.6) is 0 Å². The van der Waals surface area contributed by atoms with E-state index in [1.54, 1.807) is 0 Å². The fourth-order valence-electron chi connectivity index (χ4n) is 1.58. The van der Waals surface area contributed by atoms with Gasteiger partial charge in [-0.1, -0.05) is 6.92 Å². The number of methoxy groups -OCH3 is 1. The first kappa shape index (κ1) is 9.23. The van der Waals surface area contributed by atoms with Gasteiger partial charge >= 0.3 is 5.97 Å². The lowest BCUT2D eigenvalue weighted by molar-refractivity contribution is -0.151. The summed E-state index contributed by atoms with van der Waals surface area (Å²) >= 11 is 0. The van der Waals surface area contributed by atoms with Gasteiger partial charge in [-0.25, -0.2) is 0 Å². The van der Waals surface area contributed by atoms with E-state index in [0.717, 1.165) is 6.42 Å². The summed E-state index contributed by atoms with van der Waals surface area (Å²) in [5.41, 5.74) is 0. The molecule has 1 aliphatic carbocycles. The normalized spacial score (nSPS) is 30.0. The Morgan fingerprint density at radius 3 is 2.83 bits per heavy atom. The first-order chi connectivity index (χ1) is 5.65. The maximum atomic E-state index is 11.2. The van der Waals surface area contributed by atoms with Gasteiger partial charge in [0.15, 0.2) is 0 Å². The molecule has 0 amide bonds. The van der Waals surface area contributed by atoms with Crippen LogP contribution in [0.25, 0.3) is 0 Å². The first-order valence-corrected chi connectivity index (χ1v) is 4.25. The highest BCUT2D eigenvalue weighted by Gasteiger charge is 2.32. The van der Waals surface area contributed by atoms with Crippen molar-refractivity contribution in [3.63, 3.8) is 0 Å². The van der Waals surface area contributed by atoms with Crippen LogP contribution in [0.1, 0.15) is 26.2 Å². The molecule has 1 aliphatic rings. The Labute approximate surface area is 72.1 Å². The van der Waals surface area contributed by atoms with Crippen LogP contribution in [0.4, 0.5) is 0 Å². The van der Waals surface area contributed by atoms with Gasteiger partial charge in [-0.05, 0) is 18.8 Å². The largest absolute Gasteiger partial charge is 0.468 e. The molecule has 0 aliphatic heterocycles. The summed E-state index contributed by atoms with van der Waals surface area (Å²) < 4.78 is 4.55. The number of hydrogen-bond donors (Lipinski definition) is 0. The van der Waals surface area contributed by atoms with E-state index in [2.05, 4.69) is 11.7 Å². The SMILES string of the molecule is COC(=O)[C@H]1C[C@@H](C)CCC1=O. The average Bonchev–Trinajstić information content (AvgIpc) is 2.08. The third-order valence-electron chi connectivity index (χ3n) is 2.40. The highest BCUT2D eigenvalue weighted by Crippen LogP contribution is 2.26. The average molecular weight is 170 g/mol. The van der Waals surface area contributed by atoms with Gasteiger partial charge in [-0.15, -0.1) is 0 Å². The predicted molar refractivity (Wildman–Crippen MR) is 43.5 cm³/mol. The summed E-state index contributed by atoms with van der Waals surface area (Å²) in [6.45, 7) is 2.06. The number of rotatable bonds is 1. The third kappa shape index (κ3) is 1.84. The van der Waals surface area contributed by atoms with Gasteiger partial charge in [0.1, 0.15) is 11.7 Å². The molecule has 3 nitrogen and oxygen atoms in total. The van der Waals surface area contributed by atoms with E-state index in [-0.39, 0.29) is 11.8 Å². The molecule has 0 bridgehead atoms. The topological polar surface area (TPSA) is 43.4 Å². The molecule has 1 rings (SSSR count). The molecule has 0 aromatic rings. The van der Waals surface area contributed by atoms with Gasteiger partial charge in [-0.2, -0.15) is 0 Å². The Morgan fingerprint density at radius 1 is 1.58 bits per heavy atom. The maximum Gasteiger partial charge on any atom is 0.316 e. The molecule has 3 heteroatoms. The van der Waals surface area contributed by atoms with Gasteiger partial charge in [-0.3, -0.25) is 9.59 Å². The van der Waals surface area contributed by atoms with Crippen LogP contribution in [0.2, 0.25) is 0 Å². The molecule has 0 heterocycles. The predicted octanol–water partition coefficient (Wildman–Crippen LogP) is 1.16. The van der Waals surface area contributed by atoms with Gasteiger partial charge in [0, 0.05) is 6.42 Å². The summed E-state index contributed by atoms with van der Waals surface area (Å²) in [4.78, 5) is 22.3. The van der Waals surface area contributed by atoms with E-state index in [1.807, 2.05) is 0 Å². The lowest BCUT2D eigenvalue weighted by Crippen LogP contribution is -2.31. The Balaban J connectivity index is 2.60. The van der Waals surface area contributed by atoms with E-state index in [0.29, 0.717) is 18.8 Å². The zero-order chi connectivity index (χ0) is 9.14. The Hall–Kier alpha value is -0.860. The fraction of sp³-hybridized carbons (Fsp3) is 0.778. The summed E-state index contributed by atoms with van der Waals surface area (Å²) in [6.07, 6.45) is 2.10. The highest BCUT2D eigenvalue weighted by molar-refractivity contribution is 5.99. The second kappa shape index (κ2) is 3.70. The number of ketones is 1. The minimum Gasteiger partial charge on any atom is -0.468 e. The van der Waals surface area contributed by atoms with Crippen LogP contribution in [0.15, 0.2) is 0 Å². The number of carbonyl (C=O) groups is 2. The molecule has 0 N–H and O–H groups in total. The number of ether oxygens (including phenoxy) is 1. The molecular weight excluding hydrogens is 156 g/mol. The molecule has 0 spiro atoms. The van der Waals surface area contributed by atoms with Gasteiger partial charge in [0.25, 0.3) is 0 Å². The van der Waals surface area contributed by atoms with E-state index >= 15 is 0 Å². The number of Topliss-reactive ketones (excluding diaryl/α,β-unsaturated/α-hetero) is 1. The molecule has 2 atom stereocenters. The highest BCUT2D eigenvalue weighted by atomic mass is 16.5. The van der Waals surface area contributed by atoms with Crippen molar-refractivity contribution < 1.29 is 14.3 Å². The minimum atomic E-state index is -0.487. The van der Waals surface area contributed by atoms with Crippen molar-refractivity contribution in [3.8, 4) is 0 Å². The quantitative estimate of drug-likeness (QED) is 0.438. The number of carbonyl (C=O) groups excluding carboxylic acids is 2. The lowest BCUT2D eigenvalue weighted by atomic mass is 9.81. The van der Waals surface area contributed by atoms with Crippen molar-refractivity contribution in [1.29, 1.82) is 0 Å². The Kier molecular flexibility index (Phi) is 2.84. The maximum absolute atomic E-state index is 11.2. The molecule has 0 aromatic carbocycles. The zero-order valence-corrected chi connectivity index (χ0v) is 7.50. The summed E-state index contributed by atoms with van der Waals surface area (Å²) in [7, 11) is 1.33.